The van der Waals surface area contributed by atoms with Gasteiger partial charge in [-0.1, -0.05) is 0 Å². The number of rotatable bonds is 9. The van der Waals surface area contributed by atoms with Crippen LogP contribution in [-0.4, -0.2) is 88.3 Å². The van der Waals surface area contributed by atoms with Gasteiger partial charge in [0.1, 0.15) is 5.52 Å². The zero-order valence-electron chi connectivity index (χ0n) is 22.9. The van der Waals surface area contributed by atoms with Gasteiger partial charge in [0.05, 0.1) is 36.3 Å². The summed E-state index contributed by atoms with van der Waals surface area (Å²) in [5.41, 5.74) is 3.32. The predicted molar refractivity (Wildman–Crippen MR) is 156 cm³/mol. The quantitative estimate of drug-likeness (QED) is 0.299. The zero-order chi connectivity index (χ0) is 27.1. The van der Waals surface area contributed by atoms with Crippen LogP contribution in [0.15, 0.2) is 48.7 Å². The topological polar surface area (TPSA) is 125 Å². The largest absolute Gasteiger partial charge is 0.386 e. The average molecular weight is 546 g/mol. The Morgan fingerprint density at radius 3 is 2.50 bits per heavy atom. The Morgan fingerprint density at radius 2 is 1.75 bits per heavy atom. The second-order valence-electron chi connectivity index (χ2n) is 10.7. The van der Waals surface area contributed by atoms with Crippen LogP contribution >= 0.6 is 0 Å². The van der Waals surface area contributed by atoms with Crippen molar-refractivity contribution in [2.45, 2.75) is 56.7 Å². The fraction of sp³-hybridized carbons (Fsp3) is 0.517. The molecule has 0 amide bonds. The summed E-state index contributed by atoms with van der Waals surface area (Å²) < 4.78 is 13.1. The number of ether oxygens (including phenoxy) is 2. The van der Waals surface area contributed by atoms with Crippen LogP contribution in [0.4, 0.5) is 11.8 Å². The average Bonchev–Trinajstić information content (AvgIpc) is 3.45. The first-order chi connectivity index (χ1) is 19.8. The lowest BCUT2D eigenvalue weighted by atomic mass is 9.90. The molecular formula is C29H39N9O2. The minimum Gasteiger partial charge on any atom is -0.386 e. The molecule has 40 heavy (non-hydrogen) atoms. The lowest BCUT2D eigenvalue weighted by molar-refractivity contribution is 0.00791. The van der Waals surface area contributed by atoms with E-state index in [1.807, 2.05) is 36.8 Å². The van der Waals surface area contributed by atoms with E-state index in [-0.39, 0.29) is 0 Å². The SMILES string of the molecule is N=C/C(=C\NC1CCOCC1)Nc1nc(N[C@H]2CC[C@H](N3CCOCC3)CC2)c2c(ccn2-c2cccnc2)n1. The van der Waals surface area contributed by atoms with E-state index in [0.29, 0.717) is 29.8 Å². The number of pyridine rings is 1. The Hall–Kier alpha value is -3.54. The fourth-order valence-corrected chi connectivity index (χ4v) is 5.95. The minimum absolute atomic E-state index is 0.327. The molecule has 0 bridgehead atoms. The second kappa shape index (κ2) is 12.8. The van der Waals surface area contributed by atoms with Gasteiger partial charge in [-0.25, -0.2) is 4.98 Å². The normalized spacial score (nSPS) is 23.1. The van der Waals surface area contributed by atoms with Gasteiger partial charge in [0.15, 0.2) is 5.82 Å². The third-order valence-electron chi connectivity index (χ3n) is 8.16. The molecule has 11 nitrogen and oxygen atoms in total. The van der Waals surface area contributed by atoms with Gasteiger partial charge in [-0.2, -0.15) is 4.98 Å². The molecule has 3 aliphatic rings. The summed E-state index contributed by atoms with van der Waals surface area (Å²) in [7, 11) is 0. The predicted octanol–water partition coefficient (Wildman–Crippen LogP) is 3.54. The number of anilines is 2. The highest BCUT2D eigenvalue weighted by Gasteiger charge is 2.28. The molecule has 0 unspecified atom stereocenters. The first-order valence-corrected chi connectivity index (χ1v) is 14.5. The van der Waals surface area contributed by atoms with E-state index in [1.54, 1.807) is 6.20 Å². The van der Waals surface area contributed by atoms with Crippen molar-refractivity contribution in [3.63, 3.8) is 0 Å². The lowest BCUT2D eigenvalue weighted by Gasteiger charge is -2.39. The molecule has 0 spiro atoms. The van der Waals surface area contributed by atoms with Crippen LogP contribution in [0, 0.1) is 5.41 Å². The molecular weight excluding hydrogens is 506 g/mol. The summed E-state index contributed by atoms with van der Waals surface area (Å²) in [5.74, 6) is 1.25. The molecule has 1 aliphatic carbocycles. The minimum atomic E-state index is 0.327. The fourth-order valence-electron chi connectivity index (χ4n) is 5.95. The summed E-state index contributed by atoms with van der Waals surface area (Å²) in [5, 5.41) is 18.4. The number of fused-ring (bicyclic) bond motifs is 1. The van der Waals surface area contributed by atoms with Crippen LogP contribution in [0.5, 0.6) is 0 Å². The lowest BCUT2D eigenvalue weighted by Crippen LogP contribution is -2.46. The molecule has 2 aliphatic heterocycles. The van der Waals surface area contributed by atoms with Crippen molar-refractivity contribution in [3.8, 4) is 5.69 Å². The third kappa shape index (κ3) is 6.27. The number of hydrogen-bond donors (Lipinski definition) is 4. The maximum Gasteiger partial charge on any atom is 0.229 e. The van der Waals surface area contributed by atoms with Crippen LogP contribution in [0.2, 0.25) is 0 Å². The molecule has 3 fully saturated rings. The molecule has 212 valence electrons. The number of allylic oxidation sites excluding steroid dienone is 1. The van der Waals surface area contributed by atoms with Crippen LogP contribution < -0.4 is 16.0 Å². The zero-order valence-corrected chi connectivity index (χ0v) is 22.9. The van der Waals surface area contributed by atoms with Gasteiger partial charge in [0.2, 0.25) is 5.95 Å². The van der Waals surface area contributed by atoms with Gasteiger partial charge in [0.25, 0.3) is 0 Å². The van der Waals surface area contributed by atoms with E-state index in [1.165, 1.54) is 19.1 Å². The van der Waals surface area contributed by atoms with Gasteiger partial charge >= 0.3 is 0 Å². The molecule has 6 rings (SSSR count). The number of hydrogen-bond acceptors (Lipinski definition) is 10. The summed E-state index contributed by atoms with van der Waals surface area (Å²) in [6.45, 7) is 5.28. The van der Waals surface area contributed by atoms with Gasteiger partial charge in [-0.3, -0.25) is 9.88 Å². The van der Waals surface area contributed by atoms with Crippen molar-refractivity contribution in [3.05, 3.63) is 48.7 Å². The Kier molecular flexibility index (Phi) is 8.50. The van der Waals surface area contributed by atoms with Crippen molar-refractivity contribution in [2.24, 2.45) is 0 Å². The number of aromatic nitrogens is 4. The van der Waals surface area contributed by atoms with Gasteiger partial charge in [-0.15, -0.1) is 0 Å². The van der Waals surface area contributed by atoms with E-state index in [2.05, 4.69) is 30.4 Å². The molecule has 0 radical (unpaired) electrons. The van der Waals surface area contributed by atoms with Crippen LogP contribution in [-0.2, 0) is 9.47 Å². The maximum absolute atomic E-state index is 7.95. The van der Waals surface area contributed by atoms with Crippen molar-refractivity contribution >= 4 is 29.0 Å². The second-order valence-corrected chi connectivity index (χ2v) is 10.7. The van der Waals surface area contributed by atoms with Crippen LogP contribution in [0.1, 0.15) is 38.5 Å². The molecule has 3 aromatic heterocycles. The Balaban J connectivity index is 1.23. The van der Waals surface area contributed by atoms with Gasteiger partial charge in [-0.05, 0) is 56.7 Å². The third-order valence-corrected chi connectivity index (χ3v) is 8.16. The summed E-state index contributed by atoms with van der Waals surface area (Å²) in [6.07, 6.45) is 15.2. The van der Waals surface area contributed by atoms with Gasteiger partial charge in [0, 0.05) is 69.2 Å². The number of nitrogens with zero attached hydrogens (tertiary/aromatic N) is 5. The standard InChI is InChI=1S/C29H39N9O2/c30-18-23(19-32-21-8-14-39-15-9-21)34-29-35-26-7-11-38(25-2-1-10-31-20-25)27(26)28(36-29)33-22-3-5-24(6-4-22)37-12-16-40-17-13-37/h1-2,7,10-11,18-22,24,30,32H,3-6,8-9,12-17H2,(H2,33,34,35,36)/b23-19+,30-18?/t22-,24-. The van der Waals surface area contributed by atoms with E-state index < -0.39 is 0 Å². The molecule has 1 saturated carbocycles. The van der Waals surface area contributed by atoms with Crippen molar-refractivity contribution in [1.29, 1.82) is 5.41 Å². The van der Waals surface area contributed by atoms with Crippen LogP contribution in [0.3, 0.4) is 0 Å². The van der Waals surface area contributed by atoms with Crippen molar-refractivity contribution in [2.75, 3.05) is 50.2 Å². The van der Waals surface area contributed by atoms with Gasteiger partial charge < -0.3 is 35.4 Å². The highest BCUT2D eigenvalue weighted by Crippen LogP contribution is 2.31. The van der Waals surface area contributed by atoms with E-state index in [4.69, 9.17) is 24.9 Å². The highest BCUT2D eigenvalue weighted by atomic mass is 16.5. The molecule has 5 heterocycles. The molecule has 0 atom stereocenters. The van der Waals surface area contributed by atoms with E-state index >= 15 is 0 Å². The van der Waals surface area contributed by atoms with Crippen molar-refractivity contribution < 1.29 is 9.47 Å². The van der Waals surface area contributed by atoms with E-state index in [0.717, 1.165) is 87.7 Å². The molecule has 0 aromatic carbocycles. The number of morpholine rings is 1. The maximum atomic E-state index is 7.95. The summed E-state index contributed by atoms with van der Waals surface area (Å²) in [6, 6.07) is 7.27. The van der Waals surface area contributed by atoms with Crippen LogP contribution in [0.25, 0.3) is 16.7 Å². The monoisotopic (exact) mass is 545 g/mol. The Bertz CT molecular complexity index is 1290. The first kappa shape index (κ1) is 26.7. The smallest absolute Gasteiger partial charge is 0.229 e. The summed E-state index contributed by atoms with van der Waals surface area (Å²) in [4.78, 5) is 16.7. The highest BCUT2D eigenvalue weighted by molar-refractivity contribution is 5.90. The molecule has 2 saturated heterocycles. The summed E-state index contributed by atoms with van der Waals surface area (Å²) >= 11 is 0. The Labute approximate surface area is 234 Å². The van der Waals surface area contributed by atoms with E-state index in [9.17, 15) is 0 Å². The number of nitrogens with one attached hydrogen (secondary N) is 4. The Morgan fingerprint density at radius 1 is 0.950 bits per heavy atom. The van der Waals surface area contributed by atoms with Crippen molar-refractivity contribution in [1.82, 2.24) is 29.7 Å². The first-order valence-electron chi connectivity index (χ1n) is 14.5. The molecule has 4 N–H and O–H groups in total. The molecule has 3 aromatic rings. The molecule has 11 heteroatoms.